The number of pyridine rings is 1. The lowest BCUT2D eigenvalue weighted by Crippen LogP contribution is -2.22. The van der Waals surface area contributed by atoms with Crippen molar-refractivity contribution in [3.8, 4) is 0 Å². The molecule has 4 nitrogen and oxygen atoms in total. The SMILES string of the molecule is Cc1ccccc1Cn1cc(C(=O)Nc2ccc(Cl)c(Cl)c2)ccc1=O. The summed E-state index contributed by atoms with van der Waals surface area (Å²) >= 11 is 11.8. The van der Waals surface area contributed by atoms with Crippen LogP contribution in [0.3, 0.4) is 0 Å². The maximum Gasteiger partial charge on any atom is 0.257 e. The maximum atomic E-state index is 12.5. The Bertz CT molecular complexity index is 1030. The molecule has 26 heavy (non-hydrogen) atoms. The van der Waals surface area contributed by atoms with E-state index < -0.39 is 0 Å². The number of carbonyl (C=O) groups excluding carboxylic acids is 1. The summed E-state index contributed by atoms with van der Waals surface area (Å²) in [5.41, 5.74) is 2.85. The summed E-state index contributed by atoms with van der Waals surface area (Å²) in [5.74, 6) is -0.332. The maximum absolute atomic E-state index is 12.5. The summed E-state index contributed by atoms with van der Waals surface area (Å²) in [6.07, 6.45) is 1.56. The van der Waals surface area contributed by atoms with E-state index in [0.29, 0.717) is 27.8 Å². The Morgan fingerprint density at radius 3 is 2.54 bits per heavy atom. The molecule has 3 rings (SSSR count). The fraction of sp³-hybridized carbons (Fsp3) is 0.100. The number of rotatable bonds is 4. The van der Waals surface area contributed by atoms with Crippen molar-refractivity contribution in [1.82, 2.24) is 4.57 Å². The highest BCUT2D eigenvalue weighted by Gasteiger charge is 2.10. The number of hydrogen-bond donors (Lipinski definition) is 1. The molecule has 0 atom stereocenters. The van der Waals surface area contributed by atoms with Crippen LogP contribution in [-0.2, 0) is 6.54 Å². The van der Waals surface area contributed by atoms with Crippen LogP contribution in [0.15, 0.2) is 65.6 Å². The van der Waals surface area contributed by atoms with Crippen molar-refractivity contribution < 1.29 is 4.79 Å². The molecule has 0 unspecified atom stereocenters. The van der Waals surface area contributed by atoms with Crippen LogP contribution in [0.5, 0.6) is 0 Å². The molecule has 1 aromatic heterocycles. The number of aromatic nitrogens is 1. The van der Waals surface area contributed by atoms with E-state index in [9.17, 15) is 9.59 Å². The van der Waals surface area contributed by atoms with Crippen molar-refractivity contribution in [2.75, 3.05) is 5.32 Å². The molecule has 1 N–H and O–H groups in total. The normalized spacial score (nSPS) is 10.6. The molecule has 0 bridgehead atoms. The van der Waals surface area contributed by atoms with Gasteiger partial charge in [0.1, 0.15) is 0 Å². The molecule has 6 heteroatoms. The Morgan fingerprint density at radius 1 is 1.04 bits per heavy atom. The number of amides is 1. The van der Waals surface area contributed by atoms with E-state index in [-0.39, 0.29) is 11.5 Å². The Balaban J connectivity index is 1.84. The molecule has 0 aliphatic carbocycles. The second kappa shape index (κ2) is 7.77. The lowest BCUT2D eigenvalue weighted by molar-refractivity contribution is 0.102. The van der Waals surface area contributed by atoms with Gasteiger partial charge in [-0.05, 0) is 42.3 Å². The molecule has 0 spiro atoms. The van der Waals surface area contributed by atoms with Crippen LogP contribution in [0.25, 0.3) is 0 Å². The highest BCUT2D eigenvalue weighted by atomic mass is 35.5. The Labute approximate surface area is 161 Å². The predicted octanol–water partition coefficient (Wildman–Crippen LogP) is 4.76. The van der Waals surface area contributed by atoms with Gasteiger partial charge < -0.3 is 9.88 Å². The summed E-state index contributed by atoms with van der Waals surface area (Å²) in [6.45, 7) is 2.39. The smallest absolute Gasteiger partial charge is 0.257 e. The number of aryl methyl sites for hydroxylation is 1. The molecule has 0 fully saturated rings. The van der Waals surface area contributed by atoms with E-state index in [0.717, 1.165) is 11.1 Å². The molecule has 3 aromatic rings. The van der Waals surface area contributed by atoms with E-state index in [2.05, 4.69) is 5.32 Å². The first-order valence-corrected chi connectivity index (χ1v) is 8.71. The summed E-state index contributed by atoms with van der Waals surface area (Å²) in [6, 6.07) is 15.6. The fourth-order valence-corrected chi connectivity index (χ4v) is 2.84. The third-order valence-corrected chi connectivity index (χ3v) is 4.76. The van der Waals surface area contributed by atoms with Gasteiger partial charge in [-0.3, -0.25) is 9.59 Å². The van der Waals surface area contributed by atoms with Crippen molar-refractivity contribution in [1.29, 1.82) is 0 Å². The minimum atomic E-state index is -0.332. The zero-order chi connectivity index (χ0) is 18.7. The summed E-state index contributed by atoms with van der Waals surface area (Å²) in [4.78, 5) is 24.6. The predicted molar refractivity (Wildman–Crippen MR) is 105 cm³/mol. The Hall–Kier alpha value is -2.56. The van der Waals surface area contributed by atoms with Gasteiger partial charge in [-0.15, -0.1) is 0 Å². The van der Waals surface area contributed by atoms with Gasteiger partial charge in [0.2, 0.25) is 0 Å². The number of anilines is 1. The third-order valence-electron chi connectivity index (χ3n) is 4.03. The fourth-order valence-electron chi connectivity index (χ4n) is 2.54. The lowest BCUT2D eigenvalue weighted by Gasteiger charge is -2.11. The van der Waals surface area contributed by atoms with Crippen molar-refractivity contribution in [3.63, 3.8) is 0 Å². The number of benzene rings is 2. The first-order chi connectivity index (χ1) is 12.4. The third kappa shape index (κ3) is 4.15. The second-order valence-corrected chi connectivity index (χ2v) is 6.71. The largest absolute Gasteiger partial charge is 0.322 e. The van der Waals surface area contributed by atoms with Gasteiger partial charge in [0.25, 0.3) is 11.5 Å². The highest BCUT2D eigenvalue weighted by Crippen LogP contribution is 2.25. The lowest BCUT2D eigenvalue weighted by atomic mass is 10.1. The van der Waals surface area contributed by atoms with Crippen molar-refractivity contribution in [3.05, 3.63) is 97.9 Å². The molecule has 132 valence electrons. The average molecular weight is 387 g/mol. The molecular formula is C20H16Cl2N2O2. The number of nitrogens with one attached hydrogen (secondary N) is 1. The number of nitrogens with zero attached hydrogens (tertiary/aromatic N) is 1. The van der Waals surface area contributed by atoms with E-state index >= 15 is 0 Å². The summed E-state index contributed by atoms with van der Waals surface area (Å²) < 4.78 is 1.52. The monoisotopic (exact) mass is 386 g/mol. The van der Waals surface area contributed by atoms with Crippen LogP contribution in [0, 0.1) is 6.92 Å². The quantitative estimate of drug-likeness (QED) is 0.702. The summed E-state index contributed by atoms with van der Waals surface area (Å²) in [5, 5.41) is 3.52. The van der Waals surface area contributed by atoms with Gasteiger partial charge >= 0.3 is 0 Å². The zero-order valence-electron chi connectivity index (χ0n) is 14.0. The minimum Gasteiger partial charge on any atom is -0.322 e. The summed E-state index contributed by atoms with van der Waals surface area (Å²) in [7, 11) is 0. The van der Waals surface area contributed by atoms with E-state index in [1.807, 2.05) is 31.2 Å². The molecule has 2 aromatic carbocycles. The van der Waals surface area contributed by atoms with Crippen LogP contribution in [0.1, 0.15) is 21.5 Å². The highest BCUT2D eigenvalue weighted by molar-refractivity contribution is 6.42. The number of carbonyl (C=O) groups is 1. The first kappa shape index (κ1) is 18.2. The van der Waals surface area contributed by atoms with Crippen LogP contribution in [0.2, 0.25) is 10.0 Å². The second-order valence-electron chi connectivity index (χ2n) is 5.89. The first-order valence-electron chi connectivity index (χ1n) is 7.95. The van der Waals surface area contributed by atoms with Gasteiger partial charge in [0, 0.05) is 18.0 Å². The van der Waals surface area contributed by atoms with E-state index in [1.165, 1.54) is 16.7 Å². The molecule has 0 saturated heterocycles. The van der Waals surface area contributed by atoms with Crippen molar-refractivity contribution >= 4 is 34.8 Å². The Kier molecular flexibility index (Phi) is 5.45. The van der Waals surface area contributed by atoms with Crippen LogP contribution in [-0.4, -0.2) is 10.5 Å². The van der Waals surface area contributed by atoms with Gasteiger partial charge in [-0.25, -0.2) is 0 Å². The van der Waals surface area contributed by atoms with E-state index in [1.54, 1.807) is 24.4 Å². The van der Waals surface area contributed by atoms with Crippen LogP contribution < -0.4 is 10.9 Å². The van der Waals surface area contributed by atoms with Gasteiger partial charge in [-0.2, -0.15) is 0 Å². The topological polar surface area (TPSA) is 51.1 Å². The molecule has 0 saturated carbocycles. The van der Waals surface area contributed by atoms with E-state index in [4.69, 9.17) is 23.2 Å². The molecule has 1 heterocycles. The molecular weight excluding hydrogens is 371 g/mol. The minimum absolute atomic E-state index is 0.167. The van der Waals surface area contributed by atoms with Gasteiger partial charge in [0.15, 0.2) is 0 Å². The van der Waals surface area contributed by atoms with Gasteiger partial charge in [0.05, 0.1) is 22.2 Å². The molecule has 0 aliphatic heterocycles. The van der Waals surface area contributed by atoms with Gasteiger partial charge in [-0.1, -0.05) is 47.5 Å². The zero-order valence-corrected chi connectivity index (χ0v) is 15.5. The Morgan fingerprint density at radius 2 is 1.81 bits per heavy atom. The van der Waals surface area contributed by atoms with Crippen LogP contribution >= 0.6 is 23.2 Å². The average Bonchev–Trinajstić information content (AvgIpc) is 2.62. The van der Waals surface area contributed by atoms with Crippen molar-refractivity contribution in [2.24, 2.45) is 0 Å². The molecule has 0 radical (unpaired) electrons. The van der Waals surface area contributed by atoms with Crippen molar-refractivity contribution in [2.45, 2.75) is 13.5 Å². The molecule has 1 amide bonds. The number of halogens is 2. The van der Waals surface area contributed by atoms with Crippen LogP contribution in [0.4, 0.5) is 5.69 Å². The number of hydrogen-bond acceptors (Lipinski definition) is 2. The molecule has 0 aliphatic rings. The standard InChI is InChI=1S/C20H16Cl2N2O2/c1-13-4-2-3-5-14(13)11-24-12-15(6-9-19(24)25)20(26)23-16-7-8-17(21)18(22)10-16/h2-10,12H,11H2,1H3,(H,23,26).